The van der Waals surface area contributed by atoms with Crippen LogP contribution in [0.5, 0.6) is 0 Å². The van der Waals surface area contributed by atoms with Gasteiger partial charge in [0.15, 0.2) is 0 Å². The van der Waals surface area contributed by atoms with Crippen molar-refractivity contribution in [3.8, 4) is 0 Å². The van der Waals surface area contributed by atoms with Crippen molar-refractivity contribution in [3.05, 3.63) is 35.4 Å². The highest BCUT2D eigenvalue weighted by atomic mass is 16.5. The number of hydrogen-bond donors (Lipinski definition) is 0. The second-order valence-corrected chi connectivity index (χ2v) is 7.14. The van der Waals surface area contributed by atoms with E-state index >= 15 is 0 Å². The molecule has 0 N–H and O–H groups in total. The van der Waals surface area contributed by atoms with E-state index in [0.717, 1.165) is 44.5 Å². The van der Waals surface area contributed by atoms with Crippen molar-refractivity contribution in [2.45, 2.75) is 38.7 Å². The number of rotatable bonds is 4. The lowest BCUT2D eigenvalue weighted by atomic mass is 9.76. The predicted octanol–water partition coefficient (Wildman–Crippen LogP) is 2.58. The van der Waals surface area contributed by atoms with Crippen molar-refractivity contribution in [2.24, 2.45) is 5.41 Å². The van der Waals surface area contributed by atoms with Crippen LogP contribution in [0.2, 0.25) is 0 Å². The first kappa shape index (κ1) is 16.5. The molecule has 4 heteroatoms. The third-order valence-corrected chi connectivity index (χ3v) is 5.29. The lowest BCUT2D eigenvalue weighted by Crippen LogP contribution is -2.44. The van der Waals surface area contributed by atoms with Crippen LogP contribution in [0.25, 0.3) is 0 Å². The minimum absolute atomic E-state index is 0.231. The van der Waals surface area contributed by atoms with Gasteiger partial charge in [0.05, 0.1) is 25.7 Å². The molecule has 2 heterocycles. The highest BCUT2D eigenvalue weighted by Gasteiger charge is 2.42. The Kier molecular flexibility index (Phi) is 5.02. The number of hydrogen-bond acceptors (Lipinski definition) is 3. The molecule has 2 aliphatic rings. The molecule has 126 valence electrons. The van der Waals surface area contributed by atoms with E-state index in [1.165, 1.54) is 5.56 Å². The first-order chi connectivity index (χ1) is 11.1. The van der Waals surface area contributed by atoms with E-state index in [4.69, 9.17) is 9.47 Å². The van der Waals surface area contributed by atoms with E-state index in [2.05, 4.69) is 31.2 Å². The van der Waals surface area contributed by atoms with Crippen LogP contribution < -0.4 is 0 Å². The van der Waals surface area contributed by atoms with Gasteiger partial charge in [-0.15, -0.1) is 0 Å². The van der Waals surface area contributed by atoms with E-state index in [1.54, 1.807) is 7.11 Å². The molecular formula is C19H27NO3. The lowest BCUT2D eigenvalue weighted by Gasteiger charge is -2.38. The zero-order chi connectivity index (χ0) is 16.3. The van der Waals surface area contributed by atoms with Gasteiger partial charge in [0.2, 0.25) is 5.91 Å². The highest BCUT2D eigenvalue weighted by molar-refractivity contribution is 5.78. The summed E-state index contributed by atoms with van der Waals surface area (Å²) in [6.45, 7) is 5.27. The number of methoxy groups -OCH3 is 1. The van der Waals surface area contributed by atoms with Gasteiger partial charge in [-0.05, 0) is 37.2 Å². The largest absolute Gasteiger partial charge is 0.382 e. The number of likely N-dealkylation sites (tertiary alicyclic amines) is 1. The summed E-state index contributed by atoms with van der Waals surface area (Å²) < 4.78 is 11.1. The summed E-state index contributed by atoms with van der Waals surface area (Å²) in [5, 5.41) is 0. The summed E-state index contributed by atoms with van der Waals surface area (Å²) in [5.41, 5.74) is 2.60. The molecule has 0 aromatic heterocycles. The van der Waals surface area contributed by atoms with E-state index < -0.39 is 0 Å². The van der Waals surface area contributed by atoms with Crippen LogP contribution in [0.3, 0.4) is 0 Å². The van der Waals surface area contributed by atoms with E-state index in [0.29, 0.717) is 13.0 Å². The summed E-state index contributed by atoms with van der Waals surface area (Å²) in [6.07, 6.45) is 3.91. The SMILES string of the molecule is COCC1CC2(CCN(C(=O)Cc3ccc(C)cc3)CC2)CO1. The van der Waals surface area contributed by atoms with Crippen LogP contribution >= 0.6 is 0 Å². The maximum Gasteiger partial charge on any atom is 0.226 e. The number of amides is 1. The Hall–Kier alpha value is -1.39. The van der Waals surface area contributed by atoms with Crippen LogP contribution in [-0.2, 0) is 20.7 Å². The average Bonchev–Trinajstić information content (AvgIpc) is 2.93. The summed E-state index contributed by atoms with van der Waals surface area (Å²) in [6, 6.07) is 8.25. The fraction of sp³-hybridized carbons (Fsp3) is 0.632. The maximum atomic E-state index is 12.5. The summed E-state index contributed by atoms with van der Waals surface area (Å²) in [4.78, 5) is 14.5. The molecule has 2 aliphatic heterocycles. The van der Waals surface area contributed by atoms with Gasteiger partial charge in [-0.25, -0.2) is 0 Å². The Morgan fingerprint density at radius 2 is 2.00 bits per heavy atom. The number of nitrogens with zero attached hydrogens (tertiary/aromatic N) is 1. The molecule has 1 unspecified atom stereocenters. The van der Waals surface area contributed by atoms with Gasteiger partial charge in [0, 0.05) is 20.2 Å². The van der Waals surface area contributed by atoms with Crippen LogP contribution in [0.1, 0.15) is 30.4 Å². The molecule has 1 spiro atoms. The Labute approximate surface area is 138 Å². The molecule has 0 bridgehead atoms. The van der Waals surface area contributed by atoms with Crippen molar-refractivity contribution in [2.75, 3.05) is 33.4 Å². The van der Waals surface area contributed by atoms with Crippen LogP contribution in [0.4, 0.5) is 0 Å². The standard InChI is InChI=1S/C19H27NO3/c1-15-3-5-16(6-4-15)11-18(21)20-9-7-19(8-10-20)12-17(13-22-2)23-14-19/h3-6,17H,7-14H2,1-2H3. The highest BCUT2D eigenvalue weighted by Crippen LogP contribution is 2.42. The van der Waals surface area contributed by atoms with E-state index in [9.17, 15) is 4.79 Å². The van der Waals surface area contributed by atoms with E-state index in [1.807, 2.05) is 4.90 Å². The first-order valence-electron chi connectivity index (χ1n) is 8.54. The number of piperidine rings is 1. The van der Waals surface area contributed by atoms with Gasteiger partial charge in [-0.1, -0.05) is 29.8 Å². The molecule has 0 radical (unpaired) electrons. The first-order valence-corrected chi connectivity index (χ1v) is 8.54. The number of benzene rings is 1. The number of aryl methyl sites for hydroxylation is 1. The summed E-state index contributed by atoms with van der Waals surface area (Å²) in [7, 11) is 1.72. The minimum atomic E-state index is 0.231. The van der Waals surface area contributed by atoms with Gasteiger partial charge in [0.1, 0.15) is 0 Å². The second-order valence-electron chi connectivity index (χ2n) is 7.14. The molecule has 3 rings (SSSR count). The minimum Gasteiger partial charge on any atom is -0.382 e. The number of carbonyl (C=O) groups is 1. The van der Waals surface area contributed by atoms with Crippen molar-refractivity contribution >= 4 is 5.91 Å². The number of carbonyl (C=O) groups excluding carboxylic acids is 1. The fourth-order valence-electron chi connectivity index (χ4n) is 3.76. The van der Waals surface area contributed by atoms with Gasteiger partial charge in [-0.3, -0.25) is 4.79 Å². The van der Waals surface area contributed by atoms with Crippen LogP contribution in [0, 0.1) is 12.3 Å². The number of ether oxygens (including phenoxy) is 2. The molecule has 1 aromatic carbocycles. The molecule has 0 saturated carbocycles. The molecule has 4 nitrogen and oxygen atoms in total. The Balaban J connectivity index is 1.50. The molecule has 1 amide bonds. The molecule has 23 heavy (non-hydrogen) atoms. The van der Waals surface area contributed by atoms with Crippen molar-refractivity contribution in [1.82, 2.24) is 4.90 Å². The second kappa shape index (κ2) is 7.02. The van der Waals surface area contributed by atoms with Crippen LogP contribution in [0.15, 0.2) is 24.3 Å². The van der Waals surface area contributed by atoms with Gasteiger partial charge in [-0.2, -0.15) is 0 Å². The third kappa shape index (κ3) is 3.93. The monoisotopic (exact) mass is 317 g/mol. The molecule has 2 saturated heterocycles. The quantitative estimate of drug-likeness (QED) is 0.857. The summed E-state index contributed by atoms with van der Waals surface area (Å²) >= 11 is 0. The zero-order valence-electron chi connectivity index (χ0n) is 14.2. The Bertz CT molecular complexity index is 532. The molecule has 2 fully saturated rings. The van der Waals surface area contributed by atoms with Crippen molar-refractivity contribution in [3.63, 3.8) is 0 Å². The maximum absolute atomic E-state index is 12.5. The normalized spacial score (nSPS) is 23.4. The molecule has 1 atom stereocenters. The predicted molar refractivity (Wildman–Crippen MR) is 89.4 cm³/mol. The smallest absolute Gasteiger partial charge is 0.226 e. The zero-order valence-corrected chi connectivity index (χ0v) is 14.2. The van der Waals surface area contributed by atoms with Crippen molar-refractivity contribution < 1.29 is 14.3 Å². The van der Waals surface area contributed by atoms with Gasteiger partial charge < -0.3 is 14.4 Å². The van der Waals surface area contributed by atoms with Gasteiger partial charge in [0.25, 0.3) is 0 Å². The topological polar surface area (TPSA) is 38.8 Å². The molecular weight excluding hydrogens is 290 g/mol. The lowest BCUT2D eigenvalue weighted by molar-refractivity contribution is -0.132. The Morgan fingerprint density at radius 3 is 2.65 bits per heavy atom. The molecule has 1 aromatic rings. The van der Waals surface area contributed by atoms with Gasteiger partial charge >= 0.3 is 0 Å². The molecule has 0 aliphatic carbocycles. The average molecular weight is 317 g/mol. The van der Waals surface area contributed by atoms with Crippen molar-refractivity contribution in [1.29, 1.82) is 0 Å². The van der Waals surface area contributed by atoms with Crippen LogP contribution in [-0.4, -0.2) is 50.3 Å². The fourth-order valence-corrected chi connectivity index (χ4v) is 3.76. The Morgan fingerprint density at radius 1 is 1.30 bits per heavy atom. The summed E-state index contributed by atoms with van der Waals surface area (Å²) in [5.74, 6) is 0.246. The van der Waals surface area contributed by atoms with E-state index in [-0.39, 0.29) is 17.4 Å². The third-order valence-electron chi connectivity index (χ3n) is 5.29.